The molecule has 92 valence electrons. The number of nitrogens with zero attached hydrogens (tertiary/aromatic N) is 1. The molecule has 0 aromatic heterocycles. The summed E-state index contributed by atoms with van der Waals surface area (Å²) >= 11 is 0. The molecule has 0 amide bonds. The number of methoxy groups -OCH3 is 1. The van der Waals surface area contributed by atoms with Crippen molar-refractivity contribution in [3.8, 4) is 0 Å². The molecule has 0 fully saturated rings. The molecule has 0 rings (SSSR count). The third-order valence-corrected chi connectivity index (χ3v) is 1.84. The first kappa shape index (κ1) is 14.6. The van der Waals surface area contributed by atoms with Crippen LogP contribution in [0.4, 0.5) is 0 Å². The minimum absolute atomic E-state index is 0.236. The van der Waals surface area contributed by atoms with Crippen molar-refractivity contribution in [2.75, 3.05) is 13.7 Å². The summed E-state index contributed by atoms with van der Waals surface area (Å²) in [5.74, 6) is -0.720. The lowest BCUT2D eigenvalue weighted by atomic mass is 9.97. The van der Waals surface area contributed by atoms with E-state index in [9.17, 15) is 9.59 Å². The Morgan fingerprint density at radius 3 is 2.44 bits per heavy atom. The first-order valence-electron chi connectivity index (χ1n) is 5.04. The molecule has 0 aliphatic heterocycles. The van der Waals surface area contributed by atoms with Crippen LogP contribution in [0.1, 0.15) is 27.7 Å². The molecule has 16 heavy (non-hydrogen) atoms. The van der Waals surface area contributed by atoms with Crippen LogP contribution in [0.25, 0.3) is 0 Å². The summed E-state index contributed by atoms with van der Waals surface area (Å²) in [5.41, 5.74) is -0.395. The van der Waals surface area contributed by atoms with Crippen LogP contribution in [0.2, 0.25) is 0 Å². The fourth-order valence-electron chi connectivity index (χ4n) is 0.870. The number of aliphatic imine (C=N–C) groups is 1. The minimum Gasteiger partial charge on any atom is -0.467 e. The van der Waals surface area contributed by atoms with Crippen molar-refractivity contribution in [3.05, 3.63) is 0 Å². The number of carbonyl (C=O) groups is 2. The molecule has 0 radical (unpaired) electrons. The minimum atomic E-state index is -0.540. The molecule has 0 aromatic carbocycles. The van der Waals surface area contributed by atoms with Crippen LogP contribution in [-0.2, 0) is 19.1 Å². The van der Waals surface area contributed by atoms with E-state index >= 15 is 0 Å². The highest BCUT2D eigenvalue weighted by Crippen LogP contribution is 2.13. The summed E-state index contributed by atoms with van der Waals surface area (Å²) in [4.78, 5) is 25.8. The van der Waals surface area contributed by atoms with Gasteiger partial charge in [-0.05, 0) is 6.92 Å². The molecular formula is C11H19NO4. The average Bonchev–Trinajstić information content (AvgIpc) is 2.22. The fraction of sp³-hybridized carbons (Fsp3) is 0.727. The third-order valence-electron chi connectivity index (χ3n) is 1.84. The maximum Gasteiger partial charge on any atom is 0.330 e. The zero-order valence-electron chi connectivity index (χ0n) is 10.4. The van der Waals surface area contributed by atoms with Crippen LogP contribution < -0.4 is 0 Å². The highest BCUT2D eigenvalue weighted by Gasteiger charge is 2.18. The lowest BCUT2D eigenvalue weighted by Gasteiger charge is -2.18. The van der Waals surface area contributed by atoms with E-state index in [2.05, 4.69) is 9.73 Å². The number of hydrogen-bond acceptors (Lipinski definition) is 5. The first-order valence-corrected chi connectivity index (χ1v) is 5.04. The maximum atomic E-state index is 11.1. The Bertz CT molecular complexity index is 284. The van der Waals surface area contributed by atoms with Gasteiger partial charge in [0.25, 0.3) is 0 Å². The molecule has 5 nitrogen and oxygen atoms in total. The molecule has 0 aliphatic carbocycles. The molecule has 5 heteroatoms. The third kappa shape index (κ3) is 6.16. The van der Waals surface area contributed by atoms with Gasteiger partial charge in [0.05, 0.1) is 7.11 Å². The maximum absolute atomic E-state index is 11.1. The number of hydrogen-bond donors (Lipinski definition) is 0. The summed E-state index contributed by atoms with van der Waals surface area (Å²) in [5, 5.41) is 0. The van der Waals surface area contributed by atoms with Crippen LogP contribution in [0, 0.1) is 5.41 Å². The number of carbonyl (C=O) groups excluding carboxylic acids is 2. The van der Waals surface area contributed by atoms with Crippen molar-refractivity contribution in [1.82, 2.24) is 0 Å². The molecule has 1 atom stereocenters. The molecule has 1 unspecified atom stereocenters. The Labute approximate surface area is 95.8 Å². The SMILES string of the molecule is COC(=O)C(C)N=CC(C)(C)COC(C)=O. The Hall–Kier alpha value is -1.39. The van der Waals surface area contributed by atoms with Crippen molar-refractivity contribution >= 4 is 18.2 Å². The molecule has 0 aromatic rings. The van der Waals surface area contributed by atoms with Crippen molar-refractivity contribution < 1.29 is 19.1 Å². The van der Waals surface area contributed by atoms with Gasteiger partial charge in [-0.2, -0.15) is 0 Å². The van der Waals surface area contributed by atoms with Gasteiger partial charge in [0.1, 0.15) is 12.6 Å². The van der Waals surface area contributed by atoms with E-state index in [0.717, 1.165) is 0 Å². The Morgan fingerprint density at radius 2 is 2.00 bits per heavy atom. The lowest BCUT2D eigenvalue weighted by Crippen LogP contribution is -2.25. The van der Waals surface area contributed by atoms with Crippen molar-refractivity contribution in [2.24, 2.45) is 10.4 Å². The largest absolute Gasteiger partial charge is 0.467 e. The van der Waals surface area contributed by atoms with E-state index in [1.165, 1.54) is 14.0 Å². The van der Waals surface area contributed by atoms with Crippen molar-refractivity contribution in [2.45, 2.75) is 33.7 Å². The standard InChI is InChI=1S/C11H19NO4/c1-8(10(14)15-5)12-6-11(3,4)7-16-9(2)13/h6,8H,7H2,1-5H3. The van der Waals surface area contributed by atoms with Crippen LogP contribution in [0.3, 0.4) is 0 Å². The zero-order chi connectivity index (χ0) is 12.8. The van der Waals surface area contributed by atoms with Gasteiger partial charge in [0.2, 0.25) is 0 Å². The highest BCUT2D eigenvalue weighted by molar-refractivity contribution is 5.78. The predicted octanol–water partition coefficient (Wildman–Crippen LogP) is 1.21. The number of rotatable bonds is 5. The highest BCUT2D eigenvalue weighted by atomic mass is 16.5. The molecule has 0 bridgehead atoms. The van der Waals surface area contributed by atoms with Gasteiger partial charge < -0.3 is 9.47 Å². The van der Waals surface area contributed by atoms with Gasteiger partial charge in [-0.25, -0.2) is 4.79 Å². The van der Waals surface area contributed by atoms with E-state index in [1.54, 1.807) is 13.1 Å². The van der Waals surface area contributed by atoms with Gasteiger partial charge >= 0.3 is 11.9 Å². The predicted molar refractivity (Wildman–Crippen MR) is 60.4 cm³/mol. The molecule has 0 N–H and O–H groups in total. The van der Waals surface area contributed by atoms with Gasteiger partial charge in [-0.3, -0.25) is 9.79 Å². The summed E-state index contributed by atoms with van der Waals surface area (Å²) in [6.07, 6.45) is 1.61. The van der Waals surface area contributed by atoms with Crippen LogP contribution in [0.15, 0.2) is 4.99 Å². The number of ether oxygens (including phenoxy) is 2. The Morgan fingerprint density at radius 1 is 1.44 bits per heavy atom. The van der Waals surface area contributed by atoms with Gasteiger partial charge in [0.15, 0.2) is 0 Å². The normalized spacial score (nSPS) is 13.6. The lowest BCUT2D eigenvalue weighted by molar-refractivity contribution is -0.143. The van der Waals surface area contributed by atoms with E-state index in [1.807, 2.05) is 13.8 Å². The van der Waals surface area contributed by atoms with Crippen molar-refractivity contribution in [3.63, 3.8) is 0 Å². The first-order chi connectivity index (χ1) is 7.28. The summed E-state index contributed by atoms with van der Waals surface area (Å²) in [7, 11) is 1.32. The number of esters is 2. The smallest absolute Gasteiger partial charge is 0.330 e. The summed E-state index contributed by atoms with van der Waals surface area (Å²) in [6, 6.07) is -0.540. The fourth-order valence-corrected chi connectivity index (χ4v) is 0.870. The van der Waals surface area contributed by atoms with E-state index in [4.69, 9.17) is 4.74 Å². The van der Waals surface area contributed by atoms with Gasteiger partial charge in [0, 0.05) is 18.6 Å². The van der Waals surface area contributed by atoms with E-state index < -0.39 is 11.5 Å². The van der Waals surface area contributed by atoms with Crippen LogP contribution >= 0.6 is 0 Å². The molecule has 0 saturated heterocycles. The van der Waals surface area contributed by atoms with E-state index in [-0.39, 0.29) is 18.5 Å². The molecule has 0 heterocycles. The topological polar surface area (TPSA) is 65.0 Å². The molecule has 0 saturated carbocycles. The monoisotopic (exact) mass is 229 g/mol. The van der Waals surface area contributed by atoms with Gasteiger partial charge in [-0.15, -0.1) is 0 Å². The van der Waals surface area contributed by atoms with E-state index in [0.29, 0.717) is 0 Å². The Kier molecular flexibility index (Phi) is 5.71. The molecular weight excluding hydrogens is 210 g/mol. The van der Waals surface area contributed by atoms with Crippen LogP contribution in [-0.4, -0.2) is 37.9 Å². The quantitative estimate of drug-likeness (QED) is 0.525. The van der Waals surface area contributed by atoms with Crippen LogP contribution in [0.5, 0.6) is 0 Å². The molecule has 0 spiro atoms. The molecule has 0 aliphatic rings. The zero-order valence-corrected chi connectivity index (χ0v) is 10.4. The second-order valence-electron chi connectivity index (χ2n) is 4.25. The Balaban J connectivity index is 4.28. The average molecular weight is 229 g/mol. The van der Waals surface area contributed by atoms with Crippen molar-refractivity contribution in [1.29, 1.82) is 0 Å². The second kappa shape index (κ2) is 6.25. The summed E-state index contributed by atoms with van der Waals surface area (Å²) in [6.45, 7) is 6.96. The summed E-state index contributed by atoms with van der Waals surface area (Å²) < 4.78 is 9.42. The van der Waals surface area contributed by atoms with Gasteiger partial charge in [-0.1, -0.05) is 13.8 Å². The second-order valence-corrected chi connectivity index (χ2v) is 4.25.